The van der Waals surface area contributed by atoms with Crippen molar-refractivity contribution < 1.29 is 14.6 Å². The highest BCUT2D eigenvalue weighted by molar-refractivity contribution is 9.10. The first kappa shape index (κ1) is 15.5. The Labute approximate surface area is 131 Å². The summed E-state index contributed by atoms with van der Waals surface area (Å²) < 4.78 is 6.63. The average molecular weight is 350 g/mol. The van der Waals surface area contributed by atoms with Crippen molar-refractivity contribution in [1.29, 1.82) is 0 Å². The second-order valence-electron chi connectivity index (χ2n) is 4.45. The van der Waals surface area contributed by atoms with Crippen LogP contribution >= 0.6 is 15.9 Å². The van der Waals surface area contributed by atoms with Gasteiger partial charge in [-0.05, 0) is 35.9 Å². The van der Waals surface area contributed by atoms with E-state index in [0.29, 0.717) is 18.9 Å². The lowest BCUT2D eigenvalue weighted by molar-refractivity contribution is 0.0697. The number of carboxylic acids is 1. The number of hydrogen-bond acceptors (Lipinski definition) is 3. The van der Waals surface area contributed by atoms with Crippen LogP contribution in [0.2, 0.25) is 0 Å². The molecule has 0 fully saturated rings. The first-order valence-electron chi connectivity index (χ1n) is 6.57. The molecule has 0 aliphatic rings. The van der Waals surface area contributed by atoms with Crippen molar-refractivity contribution in [3.8, 4) is 5.75 Å². The number of benzene rings is 2. The Morgan fingerprint density at radius 1 is 1.14 bits per heavy atom. The third-order valence-electron chi connectivity index (χ3n) is 2.92. The second kappa shape index (κ2) is 7.81. The summed E-state index contributed by atoms with van der Waals surface area (Å²) >= 11 is 3.50. The molecule has 0 radical (unpaired) electrons. The number of rotatable bonds is 7. The van der Waals surface area contributed by atoms with Crippen LogP contribution in [0.25, 0.3) is 0 Å². The van der Waals surface area contributed by atoms with Crippen LogP contribution in [0, 0.1) is 0 Å². The number of hydrogen-bond donors (Lipinski definition) is 2. The zero-order valence-electron chi connectivity index (χ0n) is 11.4. The minimum absolute atomic E-state index is 0.259. The quantitative estimate of drug-likeness (QED) is 0.753. The van der Waals surface area contributed by atoms with Crippen molar-refractivity contribution in [3.05, 3.63) is 64.1 Å². The van der Waals surface area contributed by atoms with E-state index in [4.69, 9.17) is 9.84 Å². The second-order valence-corrected chi connectivity index (χ2v) is 5.30. The van der Waals surface area contributed by atoms with E-state index in [1.165, 1.54) is 17.7 Å². The third kappa shape index (κ3) is 4.88. The maximum Gasteiger partial charge on any atom is 0.335 e. The van der Waals surface area contributed by atoms with Gasteiger partial charge in [-0.25, -0.2) is 4.79 Å². The fourth-order valence-corrected chi connectivity index (χ4v) is 2.22. The molecule has 0 aromatic heterocycles. The van der Waals surface area contributed by atoms with Gasteiger partial charge in [0.15, 0.2) is 0 Å². The number of nitrogens with one attached hydrogen (secondary N) is 1. The molecule has 0 aliphatic carbocycles. The van der Waals surface area contributed by atoms with Gasteiger partial charge in [0.1, 0.15) is 12.4 Å². The van der Waals surface area contributed by atoms with Gasteiger partial charge in [0.05, 0.1) is 5.56 Å². The molecule has 0 atom stereocenters. The number of carboxylic acid groups (broad SMARTS) is 1. The number of halogens is 1. The van der Waals surface area contributed by atoms with Gasteiger partial charge >= 0.3 is 5.97 Å². The molecule has 2 rings (SSSR count). The standard InChI is InChI=1S/C16H16BrNO3/c17-15-4-2-1-3-13(15)11-18-9-10-21-14-7-5-12(6-8-14)16(19)20/h1-8,18H,9-11H2,(H,19,20). The summed E-state index contributed by atoms with van der Waals surface area (Å²) in [6.07, 6.45) is 0. The van der Waals surface area contributed by atoms with Crippen LogP contribution in [0.5, 0.6) is 5.75 Å². The van der Waals surface area contributed by atoms with Crippen LogP contribution in [-0.2, 0) is 6.54 Å². The summed E-state index contributed by atoms with van der Waals surface area (Å²) in [5, 5.41) is 12.1. The molecular formula is C16H16BrNO3. The van der Waals surface area contributed by atoms with E-state index < -0.39 is 5.97 Å². The highest BCUT2D eigenvalue weighted by atomic mass is 79.9. The molecule has 2 N–H and O–H groups in total. The predicted molar refractivity (Wildman–Crippen MR) is 84.7 cm³/mol. The molecule has 0 saturated carbocycles. The summed E-state index contributed by atoms with van der Waals surface area (Å²) in [5.41, 5.74) is 1.46. The fraction of sp³-hybridized carbons (Fsp3) is 0.188. The van der Waals surface area contributed by atoms with E-state index in [2.05, 4.69) is 27.3 Å². The molecule has 5 heteroatoms. The van der Waals surface area contributed by atoms with Crippen molar-refractivity contribution >= 4 is 21.9 Å². The largest absolute Gasteiger partial charge is 0.492 e. The topological polar surface area (TPSA) is 58.6 Å². The first-order valence-corrected chi connectivity index (χ1v) is 7.36. The molecule has 110 valence electrons. The highest BCUT2D eigenvalue weighted by Gasteiger charge is 2.02. The number of ether oxygens (including phenoxy) is 1. The van der Waals surface area contributed by atoms with Gasteiger partial charge in [0, 0.05) is 17.6 Å². The zero-order chi connectivity index (χ0) is 15.1. The van der Waals surface area contributed by atoms with Crippen LogP contribution in [0.4, 0.5) is 0 Å². The van der Waals surface area contributed by atoms with Crippen LogP contribution in [0.3, 0.4) is 0 Å². The van der Waals surface area contributed by atoms with Crippen LogP contribution in [0.1, 0.15) is 15.9 Å². The first-order chi connectivity index (χ1) is 10.2. The molecule has 0 amide bonds. The number of carbonyl (C=O) groups is 1. The Hall–Kier alpha value is -1.85. The Morgan fingerprint density at radius 3 is 2.52 bits per heavy atom. The molecule has 0 spiro atoms. The summed E-state index contributed by atoms with van der Waals surface area (Å²) in [4.78, 5) is 10.7. The van der Waals surface area contributed by atoms with Crippen LogP contribution in [-0.4, -0.2) is 24.2 Å². The summed E-state index contributed by atoms with van der Waals surface area (Å²) in [7, 11) is 0. The Morgan fingerprint density at radius 2 is 1.86 bits per heavy atom. The van der Waals surface area contributed by atoms with Gasteiger partial charge in [0.2, 0.25) is 0 Å². The molecule has 2 aromatic carbocycles. The average Bonchev–Trinajstić information content (AvgIpc) is 2.49. The minimum Gasteiger partial charge on any atom is -0.492 e. The molecule has 0 bridgehead atoms. The molecule has 2 aromatic rings. The molecule has 0 saturated heterocycles. The van der Waals surface area contributed by atoms with Crippen LogP contribution in [0.15, 0.2) is 53.0 Å². The molecule has 0 heterocycles. The van der Waals surface area contributed by atoms with Crippen molar-refractivity contribution in [2.24, 2.45) is 0 Å². The lowest BCUT2D eigenvalue weighted by atomic mass is 10.2. The van der Waals surface area contributed by atoms with E-state index in [9.17, 15) is 4.79 Å². The van der Waals surface area contributed by atoms with E-state index in [0.717, 1.165) is 11.0 Å². The summed E-state index contributed by atoms with van der Waals surface area (Å²) in [5.74, 6) is -0.264. The van der Waals surface area contributed by atoms with E-state index in [-0.39, 0.29) is 5.56 Å². The normalized spacial score (nSPS) is 10.3. The Balaban J connectivity index is 1.70. The Bertz CT molecular complexity index is 599. The highest BCUT2D eigenvalue weighted by Crippen LogP contribution is 2.15. The van der Waals surface area contributed by atoms with Gasteiger partial charge in [0.25, 0.3) is 0 Å². The fourth-order valence-electron chi connectivity index (χ4n) is 1.80. The van der Waals surface area contributed by atoms with Crippen molar-refractivity contribution in [1.82, 2.24) is 5.32 Å². The smallest absolute Gasteiger partial charge is 0.335 e. The summed E-state index contributed by atoms with van der Waals surface area (Å²) in [6.45, 7) is 2.00. The monoisotopic (exact) mass is 349 g/mol. The van der Waals surface area contributed by atoms with Gasteiger partial charge in [-0.15, -0.1) is 0 Å². The molecule has 4 nitrogen and oxygen atoms in total. The molecular weight excluding hydrogens is 334 g/mol. The Kier molecular flexibility index (Phi) is 5.78. The predicted octanol–water partition coefficient (Wildman–Crippen LogP) is 3.32. The van der Waals surface area contributed by atoms with Crippen molar-refractivity contribution in [2.75, 3.05) is 13.2 Å². The van der Waals surface area contributed by atoms with Crippen molar-refractivity contribution in [2.45, 2.75) is 6.54 Å². The summed E-state index contributed by atoms with van der Waals surface area (Å²) in [6, 6.07) is 14.5. The zero-order valence-corrected chi connectivity index (χ0v) is 13.0. The molecule has 0 aliphatic heterocycles. The van der Waals surface area contributed by atoms with Gasteiger partial charge < -0.3 is 15.2 Å². The van der Waals surface area contributed by atoms with Gasteiger partial charge in [-0.1, -0.05) is 34.1 Å². The minimum atomic E-state index is -0.934. The van der Waals surface area contributed by atoms with Gasteiger partial charge in [-0.2, -0.15) is 0 Å². The molecule has 21 heavy (non-hydrogen) atoms. The molecule has 0 unspecified atom stereocenters. The third-order valence-corrected chi connectivity index (χ3v) is 3.70. The number of aromatic carboxylic acids is 1. The van der Waals surface area contributed by atoms with E-state index in [1.807, 2.05) is 18.2 Å². The SMILES string of the molecule is O=C(O)c1ccc(OCCNCc2ccccc2Br)cc1. The maximum absolute atomic E-state index is 10.7. The maximum atomic E-state index is 10.7. The lowest BCUT2D eigenvalue weighted by Crippen LogP contribution is -2.20. The van der Waals surface area contributed by atoms with E-state index in [1.54, 1.807) is 12.1 Å². The van der Waals surface area contributed by atoms with Crippen molar-refractivity contribution in [3.63, 3.8) is 0 Å². The van der Waals surface area contributed by atoms with Crippen LogP contribution < -0.4 is 10.1 Å². The van der Waals surface area contributed by atoms with E-state index >= 15 is 0 Å². The lowest BCUT2D eigenvalue weighted by Gasteiger charge is -2.09. The van der Waals surface area contributed by atoms with Gasteiger partial charge in [-0.3, -0.25) is 0 Å².